The number of rotatable bonds is 8. The lowest BCUT2D eigenvalue weighted by molar-refractivity contribution is -0.117. The Hall–Kier alpha value is -1.87. The molecule has 0 aromatic heterocycles. The fourth-order valence-electron chi connectivity index (χ4n) is 3.59. The average Bonchev–Trinajstić information content (AvgIpc) is 2.79. The molecule has 168 valence electrons. The van der Waals surface area contributed by atoms with Gasteiger partial charge in [0.1, 0.15) is 0 Å². The van der Waals surface area contributed by atoms with E-state index in [1.165, 1.54) is 4.31 Å². The van der Waals surface area contributed by atoms with E-state index < -0.39 is 10.0 Å². The maximum Gasteiger partial charge on any atom is 0.243 e. The molecule has 0 saturated carbocycles. The second-order valence-electron chi connectivity index (χ2n) is 7.84. The zero-order valence-electron chi connectivity index (χ0n) is 18.4. The van der Waals surface area contributed by atoms with E-state index in [1.54, 1.807) is 23.9 Å². The number of thioether (sulfide) groups is 1. The molecule has 6 nitrogen and oxygen atoms in total. The monoisotopic (exact) mass is 461 g/mol. The second kappa shape index (κ2) is 10.6. The minimum Gasteiger partial charge on any atom is -0.325 e. The van der Waals surface area contributed by atoms with Gasteiger partial charge in [-0.3, -0.25) is 9.69 Å². The van der Waals surface area contributed by atoms with Crippen LogP contribution in [0.3, 0.4) is 0 Å². The van der Waals surface area contributed by atoms with Gasteiger partial charge in [0.25, 0.3) is 0 Å². The third-order valence-electron chi connectivity index (χ3n) is 5.75. The molecule has 1 aliphatic rings. The van der Waals surface area contributed by atoms with Gasteiger partial charge in [0.05, 0.1) is 11.4 Å². The number of carbonyl (C=O) groups is 1. The summed E-state index contributed by atoms with van der Waals surface area (Å²) in [6, 6.07) is 15.0. The topological polar surface area (TPSA) is 69.7 Å². The molecule has 8 heteroatoms. The molecule has 1 aliphatic heterocycles. The summed E-state index contributed by atoms with van der Waals surface area (Å²) in [5.74, 6) is 0.324. The molecule has 1 amide bonds. The van der Waals surface area contributed by atoms with E-state index in [4.69, 9.17) is 0 Å². The van der Waals surface area contributed by atoms with Crippen LogP contribution in [0.2, 0.25) is 0 Å². The van der Waals surface area contributed by atoms with Crippen LogP contribution in [-0.2, 0) is 14.8 Å². The number of carbonyl (C=O) groups excluding carboxylic acids is 1. The molecule has 1 fully saturated rings. The molecule has 1 saturated heterocycles. The highest BCUT2D eigenvalue weighted by molar-refractivity contribution is 7.98. The first kappa shape index (κ1) is 23.8. The van der Waals surface area contributed by atoms with Crippen LogP contribution in [0.25, 0.3) is 0 Å². The molecule has 0 unspecified atom stereocenters. The molecule has 1 heterocycles. The Bertz CT molecular complexity index is 985. The number of sulfonamides is 1. The highest BCUT2D eigenvalue weighted by atomic mass is 32.2. The lowest BCUT2D eigenvalue weighted by Gasteiger charge is -2.33. The molecule has 1 atom stereocenters. The van der Waals surface area contributed by atoms with Crippen LogP contribution in [0.5, 0.6) is 0 Å². The summed E-state index contributed by atoms with van der Waals surface area (Å²) in [5.41, 5.74) is 1.93. The van der Waals surface area contributed by atoms with E-state index in [2.05, 4.69) is 19.2 Å². The van der Waals surface area contributed by atoms with Crippen LogP contribution in [0, 0.1) is 0 Å². The zero-order chi connectivity index (χ0) is 22.4. The molecule has 2 aromatic carbocycles. The molecular formula is C23H31N3O3S2. The summed E-state index contributed by atoms with van der Waals surface area (Å²) in [7, 11) is -3.52. The van der Waals surface area contributed by atoms with Crippen LogP contribution < -0.4 is 5.32 Å². The van der Waals surface area contributed by atoms with Gasteiger partial charge < -0.3 is 5.32 Å². The largest absolute Gasteiger partial charge is 0.325 e. The van der Waals surface area contributed by atoms with Crippen molar-refractivity contribution < 1.29 is 13.2 Å². The number of anilines is 1. The van der Waals surface area contributed by atoms with Crippen LogP contribution in [0.1, 0.15) is 31.7 Å². The number of hydrogen-bond donors (Lipinski definition) is 1. The lowest BCUT2D eigenvalue weighted by Crippen LogP contribution is -2.50. The fourth-order valence-corrected chi connectivity index (χ4v) is 5.47. The van der Waals surface area contributed by atoms with Crippen molar-refractivity contribution in [2.24, 2.45) is 0 Å². The van der Waals surface area contributed by atoms with E-state index in [1.807, 2.05) is 47.6 Å². The van der Waals surface area contributed by atoms with Crippen molar-refractivity contribution in [1.82, 2.24) is 9.21 Å². The Morgan fingerprint density at radius 1 is 1.10 bits per heavy atom. The van der Waals surface area contributed by atoms with E-state index in [0.717, 1.165) is 22.6 Å². The van der Waals surface area contributed by atoms with Crippen LogP contribution >= 0.6 is 11.8 Å². The molecule has 1 N–H and O–H groups in total. The van der Waals surface area contributed by atoms with Crippen molar-refractivity contribution in [2.45, 2.75) is 36.0 Å². The predicted octanol–water partition coefficient (Wildman–Crippen LogP) is 3.87. The molecular weight excluding hydrogens is 430 g/mol. The molecule has 0 spiro atoms. The second-order valence-corrected chi connectivity index (χ2v) is 10.7. The summed E-state index contributed by atoms with van der Waals surface area (Å²) in [6.07, 6.45) is 3.01. The maximum atomic E-state index is 13.0. The standard InChI is InChI=1S/C23H31N3O3S2/c1-4-18(2)19-8-10-22(11-9-19)31(28,29)26-14-12-25(13-15-26)17-23(27)24-20-6-5-7-21(16-20)30-3/h5-11,16,18H,4,12-15,17H2,1-3H3,(H,24,27)/t18-/m0/s1. The molecule has 0 aliphatic carbocycles. The van der Waals surface area contributed by atoms with Gasteiger partial charge in [-0.05, 0) is 54.5 Å². The molecule has 2 aromatic rings. The minimum absolute atomic E-state index is 0.0878. The fraction of sp³-hybridized carbons (Fsp3) is 0.435. The van der Waals surface area contributed by atoms with E-state index in [9.17, 15) is 13.2 Å². The van der Waals surface area contributed by atoms with Gasteiger partial charge in [-0.25, -0.2) is 8.42 Å². The molecule has 0 radical (unpaired) electrons. The van der Waals surface area contributed by atoms with Gasteiger partial charge in [-0.15, -0.1) is 11.8 Å². The summed E-state index contributed by atoms with van der Waals surface area (Å²) in [4.78, 5) is 15.8. The first-order valence-corrected chi connectivity index (χ1v) is 13.3. The van der Waals surface area contributed by atoms with Gasteiger partial charge in [-0.1, -0.05) is 32.0 Å². The first-order chi connectivity index (χ1) is 14.8. The minimum atomic E-state index is -3.52. The van der Waals surface area contributed by atoms with Crippen LogP contribution in [-0.4, -0.2) is 62.5 Å². The summed E-state index contributed by atoms with van der Waals surface area (Å²) in [5, 5.41) is 2.92. The quantitative estimate of drug-likeness (QED) is 0.605. The smallest absolute Gasteiger partial charge is 0.243 e. The highest BCUT2D eigenvalue weighted by Crippen LogP contribution is 2.23. The normalized spacial score (nSPS) is 16.7. The third-order valence-corrected chi connectivity index (χ3v) is 8.39. The van der Waals surface area contributed by atoms with Crippen molar-refractivity contribution >= 4 is 33.4 Å². The van der Waals surface area contributed by atoms with Crippen molar-refractivity contribution in [2.75, 3.05) is 44.3 Å². The summed E-state index contributed by atoms with van der Waals surface area (Å²) >= 11 is 1.63. The van der Waals surface area contributed by atoms with Gasteiger partial charge in [0, 0.05) is 36.8 Å². The number of amides is 1. The highest BCUT2D eigenvalue weighted by Gasteiger charge is 2.29. The molecule has 3 rings (SSSR count). The van der Waals surface area contributed by atoms with Crippen LogP contribution in [0.4, 0.5) is 5.69 Å². The number of piperazine rings is 1. The van der Waals surface area contributed by atoms with Gasteiger partial charge >= 0.3 is 0 Å². The Morgan fingerprint density at radius 2 is 1.77 bits per heavy atom. The predicted molar refractivity (Wildman–Crippen MR) is 127 cm³/mol. The Labute approximate surface area is 190 Å². The van der Waals surface area contributed by atoms with Crippen molar-refractivity contribution in [1.29, 1.82) is 0 Å². The van der Waals surface area contributed by atoms with Gasteiger partial charge in [0.15, 0.2) is 0 Å². The molecule has 31 heavy (non-hydrogen) atoms. The van der Waals surface area contributed by atoms with E-state index in [0.29, 0.717) is 37.0 Å². The third kappa shape index (κ3) is 6.10. The average molecular weight is 462 g/mol. The van der Waals surface area contributed by atoms with E-state index in [-0.39, 0.29) is 12.5 Å². The van der Waals surface area contributed by atoms with Crippen LogP contribution in [0.15, 0.2) is 58.3 Å². The molecule has 0 bridgehead atoms. The Balaban J connectivity index is 1.54. The number of hydrogen-bond acceptors (Lipinski definition) is 5. The van der Waals surface area contributed by atoms with Gasteiger partial charge in [0.2, 0.25) is 15.9 Å². The Morgan fingerprint density at radius 3 is 2.39 bits per heavy atom. The van der Waals surface area contributed by atoms with Crippen molar-refractivity contribution in [3.8, 4) is 0 Å². The maximum absolute atomic E-state index is 13.0. The SMILES string of the molecule is CC[C@H](C)c1ccc(S(=O)(=O)N2CCN(CC(=O)Nc3cccc(SC)c3)CC2)cc1. The first-order valence-electron chi connectivity index (χ1n) is 10.6. The van der Waals surface area contributed by atoms with Crippen molar-refractivity contribution in [3.05, 3.63) is 54.1 Å². The number of nitrogens with zero attached hydrogens (tertiary/aromatic N) is 2. The zero-order valence-corrected chi connectivity index (χ0v) is 20.0. The van der Waals surface area contributed by atoms with Crippen molar-refractivity contribution in [3.63, 3.8) is 0 Å². The number of nitrogens with one attached hydrogen (secondary N) is 1. The lowest BCUT2D eigenvalue weighted by atomic mass is 9.99. The summed E-state index contributed by atoms with van der Waals surface area (Å²) in [6.45, 7) is 6.33. The van der Waals surface area contributed by atoms with E-state index >= 15 is 0 Å². The number of benzene rings is 2. The Kier molecular flexibility index (Phi) is 8.16. The summed E-state index contributed by atoms with van der Waals surface area (Å²) < 4.78 is 27.5. The van der Waals surface area contributed by atoms with Gasteiger partial charge in [-0.2, -0.15) is 4.31 Å².